The third-order valence-corrected chi connectivity index (χ3v) is 5.33. The number of piperidine rings is 1. The van der Waals surface area contributed by atoms with Crippen molar-refractivity contribution in [2.24, 2.45) is 5.92 Å². The van der Waals surface area contributed by atoms with E-state index in [0.717, 1.165) is 25.6 Å². The zero-order chi connectivity index (χ0) is 13.2. The smallest absolute Gasteiger partial charge is 0.237 e. The molecule has 1 saturated carbocycles. The maximum absolute atomic E-state index is 12.6. The Morgan fingerprint density at radius 1 is 1.21 bits per heavy atom. The van der Waals surface area contributed by atoms with Crippen molar-refractivity contribution in [3.63, 3.8) is 0 Å². The van der Waals surface area contributed by atoms with Crippen molar-refractivity contribution in [2.45, 2.75) is 50.6 Å². The molecular weight excluding hydrogens is 238 g/mol. The van der Waals surface area contributed by atoms with Gasteiger partial charge in [0.15, 0.2) is 0 Å². The first-order valence-corrected chi connectivity index (χ1v) is 7.96. The fraction of sp³-hybridized carbons (Fsp3) is 0.933. The second-order valence-corrected chi connectivity index (χ2v) is 6.57. The molecule has 2 atom stereocenters. The van der Waals surface area contributed by atoms with Gasteiger partial charge in [-0.3, -0.25) is 9.69 Å². The first kappa shape index (κ1) is 13.4. The molecule has 3 aliphatic rings. The monoisotopic (exact) mass is 265 g/mol. The fourth-order valence-electron chi connectivity index (χ4n) is 3.95. The number of carbonyl (C=O) groups is 1. The van der Waals surface area contributed by atoms with Crippen LogP contribution in [-0.2, 0) is 4.79 Å². The van der Waals surface area contributed by atoms with Gasteiger partial charge in [0, 0.05) is 31.7 Å². The zero-order valence-corrected chi connectivity index (χ0v) is 12.1. The van der Waals surface area contributed by atoms with E-state index in [4.69, 9.17) is 0 Å². The maximum Gasteiger partial charge on any atom is 0.237 e. The molecule has 4 heteroatoms. The minimum atomic E-state index is 0.367. The Bertz CT molecular complexity index is 327. The number of fused-ring (bicyclic) bond motifs is 1. The van der Waals surface area contributed by atoms with Gasteiger partial charge >= 0.3 is 0 Å². The molecule has 19 heavy (non-hydrogen) atoms. The maximum atomic E-state index is 12.6. The third kappa shape index (κ3) is 2.79. The molecule has 2 saturated heterocycles. The van der Waals surface area contributed by atoms with Crippen LogP contribution in [0.15, 0.2) is 0 Å². The van der Waals surface area contributed by atoms with E-state index in [9.17, 15) is 4.79 Å². The Balaban J connectivity index is 1.58. The highest BCUT2D eigenvalue weighted by Crippen LogP contribution is 2.35. The quantitative estimate of drug-likeness (QED) is 0.829. The molecule has 3 fully saturated rings. The molecule has 0 aromatic heterocycles. The second-order valence-electron chi connectivity index (χ2n) is 6.57. The van der Waals surface area contributed by atoms with E-state index >= 15 is 0 Å². The number of amides is 1. The molecule has 2 heterocycles. The van der Waals surface area contributed by atoms with Gasteiger partial charge in [0.2, 0.25) is 5.91 Å². The minimum Gasteiger partial charge on any atom is -0.338 e. The number of carbonyl (C=O) groups excluding carboxylic acids is 1. The normalized spacial score (nSPS) is 32.0. The molecule has 0 spiro atoms. The van der Waals surface area contributed by atoms with E-state index in [1.165, 1.54) is 38.5 Å². The number of nitrogens with one attached hydrogen (secondary N) is 1. The molecule has 0 radical (unpaired) electrons. The summed E-state index contributed by atoms with van der Waals surface area (Å²) in [6.45, 7) is 3.68. The van der Waals surface area contributed by atoms with Crippen LogP contribution in [0.4, 0.5) is 0 Å². The highest BCUT2D eigenvalue weighted by atomic mass is 16.2. The van der Waals surface area contributed by atoms with Crippen LogP contribution in [0, 0.1) is 5.92 Å². The molecular formula is C15H27N3O. The Morgan fingerprint density at radius 3 is 2.68 bits per heavy atom. The summed E-state index contributed by atoms with van der Waals surface area (Å²) in [4.78, 5) is 17.0. The first-order chi connectivity index (χ1) is 9.25. The van der Waals surface area contributed by atoms with Gasteiger partial charge in [-0.25, -0.2) is 0 Å². The van der Waals surface area contributed by atoms with Crippen molar-refractivity contribution in [1.29, 1.82) is 0 Å². The summed E-state index contributed by atoms with van der Waals surface area (Å²) >= 11 is 0. The molecule has 0 aromatic rings. The van der Waals surface area contributed by atoms with Crippen LogP contribution < -0.4 is 5.32 Å². The molecule has 3 rings (SSSR count). The lowest BCUT2D eigenvalue weighted by Crippen LogP contribution is -2.59. The summed E-state index contributed by atoms with van der Waals surface area (Å²) in [5.74, 6) is 1.16. The van der Waals surface area contributed by atoms with Crippen molar-refractivity contribution in [2.75, 3.05) is 33.2 Å². The van der Waals surface area contributed by atoms with Gasteiger partial charge in [-0.05, 0) is 38.6 Å². The minimum absolute atomic E-state index is 0.367. The van der Waals surface area contributed by atoms with Gasteiger partial charge in [-0.2, -0.15) is 0 Å². The molecule has 1 amide bonds. The van der Waals surface area contributed by atoms with Crippen LogP contribution in [-0.4, -0.2) is 61.0 Å². The average Bonchev–Trinajstić information content (AvgIpc) is 2.35. The van der Waals surface area contributed by atoms with Gasteiger partial charge in [0.1, 0.15) is 0 Å². The van der Waals surface area contributed by atoms with Crippen molar-refractivity contribution in [1.82, 2.24) is 15.1 Å². The average molecular weight is 265 g/mol. The summed E-state index contributed by atoms with van der Waals surface area (Å²) in [5, 5.41) is 3.27. The van der Waals surface area contributed by atoms with Crippen LogP contribution in [0.25, 0.3) is 0 Å². The Labute approximate surface area is 116 Å². The van der Waals surface area contributed by atoms with Gasteiger partial charge < -0.3 is 10.2 Å². The van der Waals surface area contributed by atoms with Crippen LogP contribution in [0.1, 0.15) is 38.5 Å². The van der Waals surface area contributed by atoms with Gasteiger partial charge in [0.25, 0.3) is 0 Å². The number of likely N-dealkylation sites (tertiary alicyclic amines) is 1. The lowest BCUT2D eigenvalue weighted by atomic mass is 9.78. The van der Waals surface area contributed by atoms with Crippen molar-refractivity contribution in [3.8, 4) is 0 Å². The predicted octanol–water partition coefficient (Wildman–Crippen LogP) is 1.07. The van der Waals surface area contributed by atoms with Crippen molar-refractivity contribution in [3.05, 3.63) is 0 Å². The van der Waals surface area contributed by atoms with Crippen LogP contribution in [0.5, 0.6) is 0 Å². The summed E-state index contributed by atoms with van der Waals surface area (Å²) in [6, 6.07) is 1.12. The van der Waals surface area contributed by atoms with Gasteiger partial charge in [-0.1, -0.05) is 12.8 Å². The largest absolute Gasteiger partial charge is 0.338 e. The van der Waals surface area contributed by atoms with Crippen LogP contribution in [0.2, 0.25) is 0 Å². The number of nitrogens with zero attached hydrogens (tertiary/aromatic N) is 2. The van der Waals surface area contributed by atoms with E-state index in [1.807, 2.05) is 0 Å². The number of likely N-dealkylation sites (N-methyl/N-ethyl adjacent to an activating group) is 1. The summed E-state index contributed by atoms with van der Waals surface area (Å²) in [5.41, 5.74) is 0. The van der Waals surface area contributed by atoms with E-state index in [-0.39, 0.29) is 0 Å². The highest BCUT2D eigenvalue weighted by Gasteiger charge is 2.36. The Hall–Kier alpha value is -0.610. The Kier molecular flexibility index (Phi) is 4.08. The lowest BCUT2D eigenvalue weighted by molar-refractivity contribution is -0.139. The molecule has 4 nitrogen and oxygen atoms in total. The van der Waals surface area contributed by atoms with E-state index < -0.39 is 0 Å². The van der Waals surface area contributed by atoms with Gasteiger partial charge in [0.05, 0.1) is 6.54 Å². The van der Waals surface area contributed by atoms with E-state index in [1.54, 1.807) is 0 Å². The standard InChI is InChI=1S/C15H27N3O/c1-17(13-9-16-10-13)11-15(19)18-8-4-6-12-5-2-3-7-14(12)18/h12-14,16H,2-11H2,1H3. The van der Waals surface area contributed by atoms with Crippen molar-refractivity contribution >= 4 is 5.91 Å². The lowest BCUT2D eigenvalue weighted by Gasteiger charge is -2.45. The number of hydrogen-bond donors (Lipinski definition) is 1. The molecule has 0 bridgehead atoms. The molecule has 0 aromatic carbocycles. The second kappa shape index (κ2) is 5.80. The predicted molar refractivity (Wildman–Crippen MR) is 76.0 cm³/mol. The van der Waals surface area contributed by atoms with E-state index in [2.05, 4.69) is 22.2 Å². The molecule has 2 aliphatic heterocycles. The summed E-state index contributed by atoms with van der Waals surface area (Å²) in [6.07, 6.45) is 7.82. The number of hydrogen-bond acceptors (Lipinski definition) is 3. The Morgan fingerprint density at radius 2 is 1.95 bits per heavy atom. The van der Waals surface area contributed by atoms with Crippen LogP contribution in [0.3, 0.4) is 0 Å². The molecule has 1 aliphatic carbocycles. The first-order valence-electron chi connectivity index (χ1n) is 7.96. The topological polar surface area (TPSA) is 35.6 Å². The SMILES string of the molecule is CN(CC(=O)N1CCCC2CCCCC21)C1CNC1. The summed E-state index contributed by atoms with van der Waals surface area (Å²) in [7, 11) is 2.09. The van der Waals surface area contributed by atoms with Crippen molar-refractivity contribution < 1.29 is 4.79 Å². The molecule has 108 valence electrons. The van der Waals surface area contributed by atoms with Gasteiger partial charge in [-0.15, -0.1) is 0 Å². The molecule has 2 unspecified atom stereocenters. The number of rotatable bonds is 3. The highest BCUT2D eigenvalue weighted by molar-refractivity contribution is 5.78. The fourth-order valence-corrected chi connectivity index (χ4v) is 3.95. The third-order valence-electron chi connectivity index (χ3n) is 5.33. The van der Waals surface area contributed by atoms with Crippen LogP contribution >= 0.6 is 0 Å². The van der Waals surface area contributed by atoms with E-state index in [0.29, 0.717) is 24.5 Å². The molecule has 1 N–H and O–H groups in total. The zero-order valence-electron chi connectivity index (χ0n) is 12.1. The summed E-state index contributed by atoms with van der Waals surface area (Å²) < 4.78 is 0.